The van der Waals surface area contributed by atoms with Crippen LogP contribution in [-0.4, -0.2) is 11.2 Å². The van der Waals surface area contributed by atoms with Crippen LogP contribution in [0.1, 0.15) is 18.7 Å². The summed E-state index contributed by atoms with van der Waals surface area (Å²) in [4.78, 5) is 0. The number of rotatable bonds is 2. The maximum Gasteiger partial charge on any atom is 0.352 e. The molecule has 72 valence electrons. The van der Waals surface area contributed by atoms with Crippen LogP contribution in [-0.2, 0) is 4.74 Å². The van der Waals surface area contributed by atoms with Gasteiger partial charge in [-0.25, -0.2) is 0 Å². The number of hydrogen-bond donors (Lipinski definition) is 0. The number of azo groups is 2. The Hall–Kier alpha value is -1.64. The maximum atomic E-state index is 5.46. The van der Waals surface area contributed by atoms with Crippen LogP contribution in [0.5, 0.6) is 0 Å². The second-order valence-corrected chi connectivity index (χ2v) is 3.02. The summed E-state index contributed by atoms with van der Waals surface area (Å²) in [7, 11) is 0. The lowest BCUT2D eigenvalue weighted by molar-refractivity contribution is -0.600. The van der Waals surface area contributed by atoms with Crippen LogP contribution < -0.4 is 0 Å². The maximum absolute atomic E-state index is 5.46. The Morgan fingerprint density at radius 1 is 1.36 bits per heavy atom. The molecule has 0 amide bonds. The zero-order valence-electron chi connectivity index (χ0n) is 8.13. The molecule has 3 heteroatoms. The van der Waals surface area contributed by atoms with Gasteiger partial charge in [-0.3, -0.25) is 0 Å². The number of benzene rings is 1. The van der Waals surface area contributed by atoms with Gasteiger partial charge in [0, 0.05) is 0 Å². The molecule has 3 nitrogen and oxygen atoms in total. The van der Waals surface area contributed by atoms with E-state index in [1.54, 1.807) is 6.26 Å². The second kappa shape index (κ2) is 4.05. The SMILES string of the molecule is CCN=[N+]1C=COC1c1ccccc1. The van der Waals surface area contributed by atoms with Crippen molar-refractivity contribution in [3.05, 3.63) is 48.4 Å². The first-order chi connectivity index (χ1) is 6.92. The van der Waals surface area contributed by atoms with E-state index in [1.165, 1.54) is 0 Å². The van der Waals surface area contributed by atoms with Gasteiger partial charge in [0.25, 0.3) is 0 Å². The van der Waals surface area contributed by atoms with E-state index < -0.39 is 0 Å². The van der Waals surface area contributed by atoms with Crippen molar-refractivity contribution in [2.45, 2.75) is 13.2 Å². The highest BCUT2D eigenvalue weighted by Gasteiger charge is 2.28. The largest absolute Gasteiger partial charge is 0.430 e. The van der Waals surface area contributed by atoms with E-state index in [0.717, 1.165) is 12.1 Å². The van der Waals surface area contributed by atoms with Gasteiger partial charge in [0.1, 0.15) is 0 Å². The Kier molecular flexibility index (Phi) is 2.58. The lowest BCUT2D eigenvalue weighted by Gasteiger charge is -2.04. The molecule has 1 aliphatic rings. The van der Waals surface area contributed by atoms with E-state index in [-0.39, 0.29) is 6.23 Å². The van der Waals surface area contributed by atoms with Crippen molar-refractivity contribution in [1.82, 2.24) is 0 Å². The first-order valence-corrected chi connectivity index (χ1v) is 4.74. The average molecular weight is 189 g/mol. The van der Waals surface area contributed by atoms with E-state index in [4.69, 9.17) is 4.74 Å². The monoisotopic (exact) mass is 189 g/mol. The van der Waals surface area contributed by atoms with Crippen LogP contribution in [0.15, 0.2) is 47.9 Å². The summed E-state index contributed by atoms with van der Waals surface area (Å²) in [5, 5.41) is 4.30. The van der Waals surface area contributed by atoms with Crippen LogP contribution in [0.3, 0.4) is 0 Å². The van der Waals surface area contributed by atoms with Crippen molar-refractivity contribution in [2.24, 2.45) is 5.11 Å². The van der Waals surface area contributed by atoms with Crippen molar-refractivity contribution < 1.29 is 9.43 Å². The average Bonchev–Trinajstić information content (AvgIpc) is 2.68. The highest BCUT2D eigenvalue weighted by molar-refractivity contribution is 5.16. The molecule has 1 aromatic carbocycles. The summed E-state index contributed by atoms with van der Waals surface area (Å²) in [6.07, 6.45) is 3.44. The van der Waals surface area contributed by atoms with E-state index in [0.29, 0.717) is 0 Å². The van der Waals surface area contributed by atoms with Gasteiger partial charge in [0.15, 0.2) is 6.26 Å². The molecular weight excluding hydrogens is 176 g/mol. The minimum Gasteiger partial charge on any atom is -0.430 e. The Morgan fingerprint density at radius 2 is 2.14 bits per heavy atom. The zero-order valence-corrected chi connectivity index (χ0v) is 8.13. The molecule has 2 rings (SSSR count). The van der Waals surface area contributed by atoms with Crippen molar-refractivity contribution in [1.29, 1.82) is 0 Å². The molecule has 0 radical (unpaired) electrons. The third-order valence-electron chi connectivity index (χ3n) is 2.05. The molecule has 0 aliphatic carbocycles. The van der Waals surface area contributed by atoms with Crippen LogP contribution in [0, 0.1) is 0 Å². The van der Waals surface area contributed by atoms with Crippen LogP contribution in [0.2, 0.25) is 0 Å². The lowest BCUT2D eigenvalue weighted by atomic mass is 10.2. The van der Waals surface area contributed by atoms with Crippen molar-refractivity contribution >= 4 is 0 Å². The fourth-order valence-electron chi connectivity index (χ4n) is 1.45. The molecule has 1 heterocycles. The topological polar surface area (TPSA) is 24.6 Å². The summed E-state index contributed by atoms with van der Waals surface area (Å²) in [5.41, 5.74) is 1.12. The summed E-state index contributed by atoms with van der Waals surface area (Å²) in [6, 6.07) is 10.1. The zero-order chi connectivity index (χ0) is 9.80. The predicted octanol–water partition coefficient (Wildman–Crippen LogP) is 2.67. The molecule has 1 atom stereocenters. The highest BCUT2D eigenvalue weighted by atomic mass is 16.5. The molecule has 0 saturated carbocycles. The second-order valence-electron chi connectivity index (χ2n) is 3.02. The first-order valence-electron chi connectivity index (χ1n) is 4.74. The van der Waals surface area contributed by atoms with E-state index in [1.807, 2.05) is 48.2 Å². The normalized spacial score (nSPS) is 22.6. The third kappa shape index (κ3) is 1.66. The Morgan fingerprint density at radius 3 is 2.86 bits per heavy atom. The van der Waals surface area contributed by atoms with Gasteiger partial charge >= 0.3 is 6.23 Å². The van der Waals surface area contributed by atoms with Gasteiger partial charge in [-0.15, -0.1) is 0 Å². The number of hydrogen-bond acceptors (Lipinski definition) is 2. The Labute approximate surface area is 83.3 Å². The van der Waals surface area contributed by atoms with Gasteiger partial charge in [-0.1, -0.05) is 18.2 Å². The predicted molar refractivity (Wildman–Crippen MR) is 52.6 cm³/mol. The fourth-order valence-corrected chi connectivity index (χ4v) is 1.45. The number of ether oxygens (including phenoxy) is 1. The minimum absolute atomic E-state index is 0.0869. The van der Waals surface area contributed by atoms with Crippen LogP contribution in [0.4, 0.5) is 0 Å². The highest BCUT2D eigenvalue weighted by Crippen LogP contribution is 2.23. The molecule has 1 aliphatic heterocycles. The number of nitrogens with zero attached hydrogens (tertiary/aromatic N) is 2. The van der Waals surface area contributed by atoms with Crippen molar-refractivity contribution in [3.63, 3.8) is 0 Å². The molecule has 1 unspecified atom stereocenters. The van der Waals surface area contributed by atoms with Gasteiger partial charge in [-0.05, 0) is 28.9 Å². The molecule has 14 heavy (non-hydrogen) atoms. The van der Waals surface area contributed by atoms with Gasteiger partial charge in [0.2, 0.25) is 6.20 Å². The molecular formula is C11H13N2O+. The Bertz CT molecular complexity index is 357. The fraction of sp³-hybridized carbons (Fsp3) is 0.273. The quantitative estimate of drug-likeness (QED) is 0.656. The first kappa shape index (κ1) is 8.94. The third-order valence-corrected chi connectivity index (χ3v) is 2.05. The van der Waals surface area contributed by atoms with E-state index in [2.05, 4.69) is 5.11 Å². The van der Waals surface area contributed by atoms with Gasteiger partial charge in [-0.2, -0.15) is 0 Å². The molecule has 1 aromatic rings. The molecule has 0 aromatic heterocycles. The van der Waals surface area contributed by atoms with E-state index >= 15 is 0 Å². The molecule has 0 bridgehead atoms. The summed E-state index contributed by atoms with van der Waals surface area (Å²) in [6.45, 7) is 2.77. The van der Waals surface area contributed by atoms with Gasteiger partial charge in [0.05, 0.1) is 12.1 Å². The minimum atomic E-state index is -0.0869. The standard InChI is InChI=1S/C11H13N2O/c1-2-12-13-8-9-14-11(13)10-6-4-3-5-7-10/h3-9,11H,2H2,1H3/q+1. The smallest absolute Gasteiger partial charge is 0.352 e. The van der Waals surface area contributed by atoms with E-state index in [9.17, 15) is 0 Å². The van der Waals surface area contributed by atoms with Crippen LogP contribution >= 0.6 is 0 Å². The van der Waals surface area contributed by atoms with Gasteiger partial charge < -0.3 is 4.74 Å². The molecule has 0 fully saturated rings. The lowest BCUT2D eigenvalue weighted by Crippen LogP contribution is -2.08. The van der Waals surface area contributed by atoms with Crippen molar-refractivity contribution in [3.8, 4) is 0 Å². The molecule has 0 spiro atoms. The summed E-state index contributed by atoms with van der Waals surface area (Å²) >= 11 is 0. The summed E-state index contributed by atoms with van der Waals surface area (Å²) < 4.78 is 7.30. The van der Waals surface area contributed by atoms with Crippen molar-refractivity contribution in [2.75, 3.05) is 6.54 Å². The summed E-state index contributed by atoms with van der Waals surface area (Å²) in [5.74, 6) is 0. The molecule has 0 saturated heterocycles. The van der Waals surface area contributed by atoms with Crippen LogP contribution in [0.25, 0.3) is 0 Å². The molecule has 0 N–H and O–H groups in total. The Balaban J connectivity index is 2.24.